The lowest BCUT2D eigenvalue weighted by molar-refractivity contribution is -0.138. The SMILES string of the molecule is COc1ccc2c(c1)c(C1(C(C)CC(=O)O)CC1)c(C)n2Cc1ccc(Br)cc1. The number of carboxylic acid groups (broad SMARTS) is 1. The molecule has 3 aromatic rings. The van der Waals surface area contributed by atoms with Gasteiger partial charge in [0.1, 0.15) is 5.75 Å². The Morgan fingerprint density at radius 3 is 2.52 bits per heavy atom. The summed E-state index contributed by atoms with van der Waals surface area (Å²) in [6, 6.07) is 14.7. The number of carboxylic acids is 1. The number of hydrogen-bond donors (Lipinski definition) is 1. The fourth-order valence-corrected chi connectivity index (χ4v) is 5.04. The number of benzene rings is 2. The molecule has 0 spiro atoms. The first-order valence-corrected chi connectivity index (χ1v) is 10.8. The largest absolute Gasteiger partial charge is 0.497 e. The van der Waals surface area contributed by atoms with Crippen LogP contribution in [0.1, 0.15) is 43.0 Å². The van der Waals surface area contributed by atoms with Crippen molar-refractivity contribution in [2.24, 2.45) is 5.92 Å². The second-order valence-corrected chi connectivity index (χ2v) is 9.13. The third-order valence-corrected chi connectivity index (χ3v) is 7.02. The lowest BCUT2D eigenvalue weighted by atomic mass is 9.80. The molecule has 1 aliphatic rings. The van der Waals surface area contributed by atoms with Crippen molar-refractivity contribution in [3.05, 3.63) is 63.8 Å². The van der Waals surface area contributed by atoms with Crippen LogP contribution in [0.2, 0.25) is 0 Å². The van der Waals surface area contributed by atoms with E-state index in [0.29, 0.717) is 0 Å². The van der Waals surface area contributed by atoms with Crippen molar-refractivity contribution >= 4 is 32.8 Å². The summed E-state index contributed by atoms with van der Waals surface area (Å²) < 4.78 is 8.94. The number of fused-ring (bicyclic) bond motifs is 1. The van der Waals surface area contributed by atoms with Crippen molar-refractivity contribution in [3.63, 3.8) is 0 Å². The normalized spacial score (nSPS) is 16.0. The standard InChI is InChI=1S/C24H26BrNO3/c1-15(12-22(27)28)24(10-11-24)23-16(2)26(14-17-4-6-18(25)7-5-17)21-9-8-19(29-3)13-20(21)23/h4-9,13,15H,10-12,14H2,1-3H3,(H,27,28). The summed E-state index contributed by atoms with van der Waals surface area (Å²) in [4.78, 5) is 11.4. The van der Waals surface area contributed by atoms with Gasteiger partial charge in [0, 0.05) is 39.5 Å². The Morgan fingerprint density at radius 1 is 1.24 bits per heavy atom. The van der Waals surface area contributed by atoms with Crippen LogP contribution in [0, 0.1) is 12.8 Å². The van der Waals surface area contributed by atoms with Crippen molar-refractivity contribution < 1.29 is 14.6 Å². The van der Waals surface area contributed by atoms with Gasteiger partial charge >= 0.3 is 5.97 Å². The number of nitrogens with zero attached hydrogens (tertiary/aromatic N) is 1. The monoisotopic (exact) mass is 455 g/mol. The molecule has 4 rings (SSSR count). The molecule has 0 saturated heterocycles. The molecule has 2 aromatic carbocycles. The van der Waals surface area contributed by atoms with Crippen LogP contribution in [0.3, 0.4) is 0 Å². The number of rotatable bonds is 7. The van der Waals surface area contributed by atoms with Crippen molar-refractivity contribution in [2.45, 2.75) is 45.1 Å². The highest BCUT2D eigenvalue weighted by atomic mass is 79.9. The van der Waals surface area contributed by atoms with Gasteiger partial charge in [0.05, 0.1) is 7.11 Å². The second-order valence-electron chi connectivity index (χ2n) is 8.21. The van der Waals surface area contributed by atoms with Gasteiger partial charge in [-0.2, -0.15) is 0 Å². The van der Waals surface area contributed by atoms with Crippen LogP contribution in [0.4, 0.5) is 0 Å². The zero-order valence-corrected chi connectivity index (χ0v) is 18.6. The number of aliphatic carboxylic acids is 1. The highest BCUT2D eigenvalue weighted by Gasteiger charge is 2.51. The number of hydrogen-bond acceptors (Lipinski definition) is 2. The van der Waals surface area contributed by atoms with E-state index >= 15 is 0 Å². The molecule has 0 aliphatic heterocycles. The third kappa shape index (κ3) is 3.57. The van der Waals surface area contributed by atoms with E-state index < -0.39 is 5.97 Å². The Bertz CT molecular complexity index is 1060. The molecule has 1 aromatic heterocycles. The predicted octanol–water partition coefficient (Wildman–Crippen LogP) is 5.91. The fourth-order valence-electron chi connectivity index (χ4n) is 4.77. The minimum absolute atomic E-state index is 0.0575. The Kier molecular flexibility index (Phi) is 5.19. The number of halogens is 1. The van der Waals surface area contributed by atoms with E-state index in [1.807, 2.05) is 6.07 Å². The van der Waals surface area contributed by atoms with E-state index in [2.05, 4.69) is 70.7 Å². The summed E-state index contributed by atoms with van der Waals surface area (Å²) >= 11 is 3.51. The topological polar surface area (TPSA) is 51.5 Å². The summed E-state index contributed by atoms with van der Waals surface area (Å²) in [7, 11) is 1.69. The van der Waals surface area contributed by atoms with Crippen LogP contribution in [-0.4, -0.2) is 22.8 Å². The van der Waals surface area contributed by atoms with Crippen LogP contribution >= 0.6 is 15.9 Å². The molecule has 1 heterocycles. The van der Waals surface area contributed by atoms with Gasteiger partial charge in [0.15, 0.2) is 0 Å². The van der Waals surface area contributed by atoms with Crippen LogP contribution in [0.5, 0.6) is 5.75 Å². The molecular weight excluding hydrogens is 430 g/mol. The summed E-state index contributed by atoms with van der Waals surface area (Å²) in [5, 5.41) is 10.6. The zero-order chi connectivity index (χ0) is 20.8. The van der Waals surface area contributed by atoms with E-state index in [4.69, 9.17) is 4.74 Å². The average Bonchev–Trinajstić information content (AvgIpc) is 3.44. The minimum atomic E-state index is -0.724. The average molecular weight is 456 g/mol. The summed E-state index contributed by atoms with van der Waals surface area (Å²) in [5.74, 6) is 0.204. The highest BCUT2D eigenvalue weighted by molar-refractivity contribution is 9.10. The summed E-state index contributed by atoms with van der Waals surface area (Å²) in [6.45, 7) is 5.04. The molecule has 1 fully saturated rings. The van der Waals surface area contributed by atoms with Crippen molar-refractivity contribution in [1.29, 1.82) is 0 Å². The van der Waals surface area contributed by atoms with E-state index in [1.165, 1.54) is 27.7 Å². The Labute approximate surface area is 179 Å². The maximum Gasteiger partial charge on any atom is 0.303 e. The van der Waals surface area contributed by atoms with Gasteiger partial charge in [0.2, 0.25) is 0 Å². The number of ether oxygens (including phenoxy) is 1. The van der Waals surface area contributed by atoms with Gasteiger partial charge in [0.25, 0.3) is 0 Å². The quantitative estimate of drug-likeness (QED) is 0.481. The lowest BCUT2D eigenvalue weighted by Crippen LogP contribution is -2.21. The number of aromatic nitrogens is 1. The first-order valence-electron chi connectivity index (χ1n) is 9.99. The first kappa shape index (κ1) is 20.0. The van der Waals surface area contributed by atoms with Crippen molar-refractivity contribution in [2.75, 3.05) is 7.11 Å². The Hall–Kier alpha value is -2.27. The zero-order valence-electron chi connectivity index (χ0n) is 17.0. The Balaban J connectivity index is 1.86. The van der Waals surface area contributed by atoms with Gasteiger partial charge in [-0.3, -0.25) is 4.79 Å². The summed E-state index contributed by atoms with van der Waals surface area (Å²) in [5.41, 5.74) is 4.88. The summed E-state index contributed by atoms with van der Waals surface area (Å²) in [6.07, 6.45) is 2.27. The lowest BCUT2D eigenvalue weighted by Gasteiger charge is -2.23. The van der Waals surface area contributed by atoms with Gasteiger partial charge in [-0.05, 0) is 67.1 Å². The van der Waals surface area contributed by atoms with E-state index in [1.54, 1.807) is 7.11 Å². The highest BCUT2D eigenvalue weighted by Crippen LogP contribution is 2.58. The maximum absolute atomic E-state index is 11.4. The van der Waals surface area contributed by atoms with Crippen LogP contribution in [-0.2, 0) is 16.8 Å². The number of carbonyl (C=O) groups is 1. The van der Waals surface area contributed by atoms with Gasteiger partial charge in [-0.25, -0.2) is 0 Å². The van der Waals surface area contributed by atoms with Crippen LogP contribution in [0.15, 0.2) is 46.9 Å². The molecule has 1 aliphatic carbocycles. The molecule has 4 nitrogen and oxygen atoms in total. The second kappa shape index (κ2) is 7.52. The van der Waals surface area contributed by atoms with Crippen molar-refractivity contribution in [1.82, 2.24) is 4.57 Å². The Morgan fingerprint density at radius 2 is 1.93 bits per heavy atom. The molecule has 1 N–H and O–H groups in total. The molecule has 1 unspecified atom stereocenters. The van der Waals surface area contributed by atoms with Gasteiger partial charge in [-0.15, -0.1) is 0 Å². The molecule has 0 amide bonds. The molecule has 152 valence electrons. The molecule has 0 radical (unpaired) electrons. The molecule has 29 heavy (non-hydrogen) atoms. The minimum Gasteiger partial charge on any atom is -0.497 e. The molecular formula is C24H26BrNO3. The predicted molar refractivity (Wildman–Crippen MR) is 119 cm³/mol. The fraction of sp³-hybridized carbons (Fsp3) is 0.375. The maximum atomic E-state index is 11.4. The van der Waals surface area contributed by atoms with Crippen molar-refractivity contribution in [3.8, 4) is 5.75 Å². The van der Waals surface area contributed by atoms with Gasteiger partial charge < -0.3 is 14.4 Å². The molecule has 5 heteroatoms. The van der Waals surface area contributed by atoms with Gasteiger partial charge in [-0.1, -0.05) is 35.0 Å². The molecule has 1 saturated carbocycles. The van der Waals surface area contributed by atoms with E-state index in [0.717, 1.165) is 29.6 Å². The van der Waals surface area contributed by atoms with E-state index in [9.17, 15) is 9.90 Å². The third-order valence-electron chi connectivity index (χ3n) is 6.50. The molecule has 1 atom stereocenters. The first-order chi connectivity index (χ1) is 13.9. The van der Waals surface area contributed by atoms with Crippen LogP contribution < -0.4 is 4.74 Å². The smallest absolute Gasteiger partial charge is 0.303 e. The van der Waals surface area contributed by atoms with Crippen LogP contribution in [0.25, 0.3) is 10.9 Å². The molecule has 0 bridgehead atoms. The number of methoxy groups -OCH3 is 1. The van der Waals surface area contributed by atoms with E-state index in [-0.39, 0.29) is 17.8 Å².